The first kappa shape index (κ1) is 12.2. The van der Waals surface area contributed by atoms with Crippen LogP contribution in [0.5, 0.6) is 0 Å². The number of thioether (sulfide) groups is 1. The van der Waals surface area contributed by atoms with Crippen molar-refractivity contribution in [1.29, 1.82) is 0 Å². The topological polar surface area (TPSA) is 17.8 Å². The fourth-order valence-corrected chi connectivity index (χ4v) is 1.99. The maximum Gasteiger partial charge on any atom is 0.505 e. The summed E-state index contributed by atoms with van der Waals surface area (Å²) in [6, 6.07) is 1.75. The Morgan fingerprint density at radius 1 is 1.60 bits per heavy atom. The van der Waals surface area contributed by atoms with Gasteiger partial charge in [0, 0.05) is 7.05 Å². The minimum Gasteiger partial charge on any atom is -0.445 e. The summed E-state index contributed by atoms with van der Waals surface area (Å²) in [5.74, 6) is -0.136. The number of halogens is 3. The smallest absolute Gasteiger partial charge is 0.445 e. The van der Waals surface area contributed by atoms with E-state index in [0.717, 1.165) is 17.5 Å². The Labute approximate surface area is 90.6 Å². The highest BCUT2D eigenvalue weighted by molar-refractivity contribution is 7.99. The van der Waals surface area contributed by atoms with E-state index in [1.54, 1.807) is 24.7 Å². The van der Waals surface area contributed by atoms with Crippen LogP contribution in [0.25, 0.3) is 0 Å². The molecule has 1 aromatic rings. The molecule has 7 heteroatoms. The van der Waals surface area contributed by atoms with Crippen molar-refractivity contribution in [2.75, 3.05) is 5.75 Å². The summed E-state index contributed by atoms with van der Waals surface area (Å²) in [7, 11) is 1.71. The van der Waals surface area contributed by atoms with Gasteiger partial charge >= 0.3 is 6.98 Å². The molecule has 0 aliphatic carbocycles. The molecule has 0 atom stereocenters. The van der Waals surface area contributed by atoms with E-state index < -0.39 is 12.4 Å². The summed E-state index contributed by atoms with van der Waals surface area (Å²) >= 11 is 1.10. The first-order valence-electron chi connectivity index (χ1n) is 4.32. The summed E-state index contributed by atoms with van der Waals surface area (Å²) < 4.78 is 38.1. The first-order chi connectivity index (χ1) is 6.80. The summed E-state index contributed by atoms with van der Waals surface area (Å²) in [6.07, 6.45) is 0. The standard InChI is InChI=1S/C8H11BF3N2S/c1-6(9(10,11)12)5-15-8-4-7(2)13-14(8)3/h4H,1,5H2,2-3H3/q-1. The molecule has 1 aromatic heterocycles. The predicted molar refractivity (Wildman–Crippen MR) is 56.9 cm³/mol. The fraction of sp³-hybridized carbons (Fsp3) is 0.375. The van der Waals surface area contributed by atoms with Gasteiger partial charge in [0.2, 0.25) is 0 Å². The molecule has 0 spiro atoms. The van der Waals surface area contributed by atoms with E-state index in [1.165, 1.54) is 0 Å². The van der Waals surface area contributed by atoms with E-state index in [-0.39, 0.29) is 5.75 Å². The number of aryl methyl sites for hydroxylation is 2. The second-order valence-electron chi connectivity index (χ2n) is 3.27. The maximum atomic E-state index is 12.2. The van der Waals surface area contributed by atoms with E-state index in [1.807, 2.05) is 0 Å². The van der Waals surface area contributed by atoms with Crippen LogP contribution in [0.15, 0.2) is 23.1 Å². The van der Waals surface area contributed by atoms with E-state index >= 15 is 0 Å². The van der Waals surface area contributed by atoms with Gasteiger partial charge in [-0.15, -0.1) is 23.8 Å². The number of aromatic nitrogens is 2. The van der Waals surface area contributed by atoms with Gasteiger partial charge in [-0.25, -0.2) is 0 Å². The molecule has 84 valence electrons. The molecule has 0 amide bonds. The van der Waals surface area contributed by atoms with Gasteiger partial charge in [-0.3, -0.25) is 4.68 Å². The molecular formula is C8H11BF3N2S-. The van der Waals surface area contributed by atoms with Gasteiger partial charge in [0.15, 0.2) is 0 Å². The summed E-state index contributed by atoms with van der Waals surface area (Å²) in [5, 5.41) is 4.76. The molecule has 0 aromatic carbocycles. The lowest BCUT2D eigenvalue weighted by molar-refractivity contribution is 0.491. The van der Waals surface area contributed by atoms with Gasteiger partial charge in [-0.05, 0) is 18.7 Å². The first-order valence-corrected chi connectivity index (χ1v) is 5.30. The molecule has 1 heterocycles. The van der Waals surface area contributed by atoms with Gasteiger partial charge in [0.25, 0.3) is 0 Å². The highest BCUT2D eigenvalue weighted by atomic mass is 32.2. The lowest BCUT2D eigenvalue weighted by Crippen LogP contribution is -2.20. The van der Waals surface area contributed by atoms with Gasteiger partial charge in [0.1, 0.15) is 0 Å². The van der Waals surface area contributed by atoms with Crippen molar-refractivity contribution in [3.05, 3.63) is 23.8 Å². The van der Waals surface area contributed by atoms with Crippen molar-refractivity contribution in [2.24, 2.45) is 7.05 Å². The minimum absolute atomic E-state index is 0.136. The molecule has 0 aliphatic heterocycles. The summed E-state index contributed by atoms with van der Waals surface area (Å²) in [6.45, 7) is -0.0912. The van der Waals surface area contributed by atoms with E-state index in [4.69, 9.17) is 0 Å². The Morgan fingerprint density at radius 2 is 2.20 bits per heavy atom. The van der Waals surface area contributed by atoms with Crippen LogP contribution in [-0.2, 0) is 7.05 Å². The lowest BCUT2D eigenvalue weighted by atomic mass is 9.82. The van der Waals surface area contributed by atoms with Crippen molar-refractivity contribution in [1.82, 2.24) is 9.78 Å². The van der Waals surface area contributed by atoms with E-state index in [0.29, 0.717) is 5.03 Å². The zero-order chi connectivity index (χ0) is 11.6. The van der Waals surface area contributed by atoms with Crippen molar-refractivity contribution < 1.29 is 12.9 Å². The van der Waals surface area contributed by atoms with Gasteiger partial charge in [-0.2, -0.15) is 5.10 Å². The second-order valence-corrected chi connectivity index (χ2v) is 4.26. The molecule has 0 aliphatic rings. The summed E-state index contributed by atoms with van der Waals surface area (Å²) in [5.41, 5.74) is 0.127. The number of hydrogen-bond donors (Lipinski definition) is 0. The molecular weight excluding hydrogens is 224 g/mol. The SMILES string of the molecule is C=C(CSc1cc(C)nn1C)[B-](F)(F)F. The monoisotopic (exact) mass is 235 g/mol. The second kappa shape index (κ2) is 4.34. The molecule has 2 nitrogen and oxygen atoms in total. The van der Waals surface area contributed by atoms with Crippen LogP contribution in [-0.4, -0.2) is 22.5 Å². The van der Waals surface area contributed by atoms with Crippen LogP contribution in [0, 0.1) is 6.92 Å². The summed E-state index contributed by atoms with van der Waals surface area (Å²) in [4.78, 5) is 0. The Morgan fingerprint density at radius 3 is 2.60 bits per heavy atom. The van der Waals surface area contributed by atoms with Gasteiger partial charge < -0.3 is 12.9 Å². The molecule has 0 bridgehead atoms. The van der Waals surface area contributed by atoms with E-state index in [2.05, 4.69) is 11.7 Å². The number of rotatable bonds is 4. The average molecular weight is 235 g/mol. The van der Waals surface area contributed by atoms with Crippen molar-refractivity contribution >= 4 is 18.7 Å². The highest BCUT2D eigenvalue weighted by Gasteiger charge is 2.26. The Balaban J connectivity index is 2.58. The molecule has 0 saturated heterocycles. The Kier molecular flexibility index (Phi) is 3.54. The largest absolute Gasteiger partial charge is 0.505 e. The third kappa shape index (κ3) is 3.33. The molecule has 0 radical (unpaired) electrons. The maximum absolute atomic E-state index is 12.2. The van der Waals surface area contributed by atoms with Crippen LogP contribution in [0.2, 0.25) is 0 Å². The van der Waals surface area contributed by atoms with Crippen molar-refractivity contribution in [3.63, 3.8) is 0 Å². The quantitative estimate of drug-likeness (QED) is 0.589. The van der Waals surface area contributed by atoms with Gasteiger partial charge in [-0.1, -0.05) is 0 Å². The van der Waals surface area contributed by atoms with Crippen LogP contribution in [0.4, 0.5) is 12.9 Å². The third-order valence-electron chi connectivity index (χ3n) is 1.83. The minimum atomic E-state index is -4.92. The van der Waals surface area contributed by atoms with Gasteiger partial charge in [0.05, 0.1) is 10.7 Å². The highest BCUT2D eigenvalue weighted by Crippen LogP contribution is 2.26. The Bertz CT molecular complexity index is 372. The Hall–Kier alpha value is -0.845. The molecule has 0 saturated carbocycles. The lowest BCUT2D eigenvalue weighted by Gasteiger charge is -2.16. The third-order valence-corrected chi connectivity index (χ3v) is 3.02. The molecule has 15 heavy (non-hydrogen) atoms. The number of hydrogen-bond acceptors (Lipinski definition) is 2. The zero-order valence-electron chi connectivity index (χ0n) is 8.51. The molecule has 0 N–H and O–H groups in total. The fourth-order valence-electron chi connectivity index (χ4n) is 0.983. The molecule has 0 fully saturated rings. The van der Waals surface area contributed by atoms with Crippen LogP contribution < -0.4 is 0 Å². The average Bonchev–Trinajstić information content (AvgIpc) is 2.39. The predicted octanol–water partition coefficient (Wildman–Crippen LogP) is 2.76. The van der Waals surface area contributed by atoms with Crippen LogP contribution >= 0.6 is 11.8 Å². The normalized spacial score (nSPS) is 11.8. The molecule has 1 rings (SSSR count). The van der Waals surface area contributed by atoms with Crippen molar-refractivity contribution in [3.8, 4) is 0 Å². The van der Waals surface area contributed by atoms with Crippen LogP contribution in [0.1, 0.15) is 5.69 Å². The van der Waals surface area contributed by atoms with Crippen molar-refractivity contribution in [2.45, 2.75) is 11.9 Å². The molecule has 0 unspecified atom stereocenters. The number of nitrogens with zero attached hydrogens (tertiary/aromatic N) is 2. The van der Waals surface area contributed by atoms with E-state index in [9.17, 15) is 12.9 Å². The van der Waals surface area contributed by atoms with Crippen LogP contribution in [0.3, 0.4) is 0 Å². The zero-order valence-corrected chi connectivity index (χ0v) is 9.32.